The third-order valence-corrected chi connectivity index (χ3v) is 7.19. The zero-order chi connectivity index (χ0) is 24.9. The molecular formula is C29H32N4O3. The lowest BCUT2D eigenvalue weighted by atomic mass is 9.92. The summed E-state index contributed by atoms with van der Waals surface area (Å²) in [6, 6.07) is 27.5. The van der Waals surface area contributed by atoms with Crippen molar-refractivity contribution in [2.75, 3.05) is 24.6 Å². The fourth-order valence-corrected chi connectivity index (χ4v) is 5.25. The van der Waals surface area contributed by atoms with E-state index in [2.05, 4.69) is 44.9 Å². The van der Waals surface area contributed by atoms with Crippen LogP contribution in [0.2, 0.25) is 0 Å². The van der Waals surface area contributed by atoms with Crippen molar-refractivity contribution in [3.8, 4) is 0 Å². The Bertz CT molecular complexity index is 1160. The quantitative estimate of drug-likeness (QED) is 0.473. The minimum Gasteiger partial charge on any atom is -0.478 e. The maximum Gasteiger partial charge on any atom is 0.335 e. The molecule has 2 aliphatic rings. The number of carbonyl (C=O) groups excluding carboxylic acids is 1. The number of rotatable bonds is 7. The van der Waals surface area contributed by atoms with Gasteiger partial charge in [0.05, 0.1) is 23.2 Å². The highest BCUT2D eigenvalue weighted by molar-refractivity contribution is 5.87. The number of para-hydroxylation sites is 1. The molecule has 0 saturated carbocycles. The van der Waals surface area contributed by atoms with Crippen molar-refractivity contribution in [1.82, 2.24) is 15.6 Å². The molecule has 2 fully saturated rings. The van der Waals surface area contributed by atoms with Crippen LogP contribution in [0.25, 0.3) is 0 Å². The number of likely N-dealkylation sites (tertiary alicyclic amines) is 1. The van der Waals surface area contributed by atoms with Crippen molar-refractivity contribution in [1.29, 1.82) is 0 Å². The van der Waals surface area contributed by atoms with E-state index in [1.54, 1.807) is 12.1 Å². The smallest absolute Gasteiger partial charge is 0.335 e. The Morgan fingerprint density at radius 3 is 2.17 bits per heavy atom. The van der Waals surface area contributed by atoms with Crippen LogP contribution in [-0.2, 0) is 11.3 Å². The molecule has 2 unspecified atom stereocenters. The summed E-state index contributed by atoms with van der Waals surface area (Å²) in [6.45, 7) is 3.17. The van der Waals surface area contributed by atoms with Crippen LogP contribution >= 0.6 is 0 Å². The van der Waals surface area contributed by atoms with Gasteiger partial charge in [-0.15, -0.1) is 0 Å². The number of nitrogens with zero attached hydrogens (tertiary/aromatic N) is 2. The zero-order valence-electron chi connectivity index (χ0n) is 20.2. The van der Waals surface area contributed by atoms with Gasteiger partial charge >= 0.3 is 5.97 Å². The maximum absolute atomic E-state index is 13.5. The topological polar surface area (TPSA) is 84.9 Å². The third-order valence-electron chi connectivity index (χ3n) is 7.19. The van der Waals surface area contributed by atoms with Crippen LogP contribution in [0.1, 0.15) is 40.4 Å². The lowest BCUT2D eigenvalue weighted by Gasteiger charge is -2.34. The van der Waals surface area contributed by atoms with Gasteiger partial charge in [0, 0.05) is 32.2 Å². The summed E-state index contributed by atoms with van der Waals surface area (Å²) >= 11 is 0. The highest BCUT2D eigenvalue weighted by Crippen LogP contribution is 2.36. The Morgan fingerprint density at radius 2 is 1.53 bits per heavy atom. The standard InChI is InChI=1S/C29H32N4O3/c34-28(31-24-15-17-32(18-16-24)20-21-11-13-23(14-12-21)29(35)36)26-19-30-33(25-9-5-2-6-10-25)27(26)22-7-3-1-4-8-22/h1-14,24,26-27,30H,15-20H2,(H,31,34)(H,35,36). The fourth-order valence-electron chi connectivity index (χ4n) is 5.25. The second kappa shape index (κ2) is 10.9. The predicted octanol–water partition coefficient (Wildman–Crippen LogP) is 3.85. The molecule has 186 valence electrons. The van der Waals surface area contributed by atoms with Gasteiger partial charge < -0.3 is 15.4 Å². The maximum atomic E-state index is 13.5. The van der Waals surface area contributed by atoms with E-state index in [1.807, 2.05) is 48.5 Å². The Balaban J connectivity index is 1.20. The third kappa shape index (κ3) is 5.42. The molecule has 36 heavy (non-hydrogen) atoms. The number of hydrogen-bond donors (Lipinski definition) is 3. The summed E-state index contributed by atoms with van der Waals surface area (Å²) in [7, 11) is 0. The number of piperidine rings is 1. The van der Waals surface area contributed by atoms with Crippen molar-refractivity contribution in [3.05, 3.63) is 102 Å². The van der Waals surface area contributed by atoms with E-state index in [4.69, 9.17) is 5.11 Å². The van der Waals surface area contributed by atoms with Gasteiger partial charge in [0.1, 0.15) is 0 Å². The SMILES string of the molecule is O=C(O)c1ccc(CN2CCC(NC(=O)C3CNN(c4ccccc4)C3c3ccccc3)CC2)cc1. The number of anilines is 1. The van der Waals surface area contributed by atoms with Gasteiger partial charge in [-0.05, 0) is 48.2 Å². The van der Waals surface area contributed by atoms with Gasteiger partial charge in [-0.25, -0.2) is 10.2 Å². The van der Waals surface area contributed by atoms with Crippen LogP contribution < -0.4 is 15.8 Å². The number of hydrazine groups is 1. The van der Waals surface area contributed by atoms with Crippen molar-refractivity contribution >= 4 is 17.6 Å². The molecule has 0 radical (unpaired) electrons. The molecule has 0 aliphatic carbocycles. The van der Waals surface area contributed by atoms with Crippen LogP contribution in [0, 0.1) is 5.92 Å². The van der Waals surface area contributed by atoms with Crippen molar-refractivity contribution < 1.29 is 14.7 Å². The van der Waals surface area contributed by atoms with Gasteiger partial charge in [-0.1, -0.05) is 60.7 Å². The van der Waals surface area contributed by atoms with Gasteiger partial charge in [-0.3, -0.25) is 9.69 Å². The Morgan fingerprint density at radius 1 is 0.889 bits per heavy atom. The van der Waals surface area contributed by atoms with Crippen LogP contribution in [0.4, 0.5) is 5.69 Å². The molecular weight excluding hydrogens is 452 g/mol. The molecule has 2 atom stereocenters. The largest absolute Gasteiger partial charge is 0.478 e. The summed E-state index contributed by atoms with van der Waals surface area (Å²) in [4.78, 5) is 26.9. The fraction of sp³-hybridized carbons (Fsp3) is 0.310. The number of nitrogens with one attached hydrogen (secondary N) is 2. The molecule has 3 aromatic carbocycles. The second-order valence-corrected chi connectivity index (χ2v) is 9.59. The number of hydrogen-bond acceptors (Lipinski definition) is 5. The highest BCUT2D eigenvalue weighted by atomic mass is 16.4. The minimum absolute atomic E-state index is 0.0811. The van der Waals surface area contributed by atoms with Crippen molar-refractivity contribution in [3.63, 3.8) is 0 Å². The highest BCUT2D eigenvalue weighted by Gasteiger charge is 2.40. The summed E-state index contributed by atoms with van der Waals surface area (Å²) < 4.78 is 0. The Kier molecular flexibility index (Phi) is 7.30. The van der Waals surface area contributed by atoms with E-state index >= 15 is 0 Å². The van der Waals surface area contributed by atoms with Crippen molar-refractivity contribution in [2.45, 2.75) is 31.5 Å². The average molecular weight is 485 g/mol. The van der Waals surface area contributed by atoms with Gasteiger partial charge in [-0.2, -0.15) is 0 Å². The van der Waals surface area contributed by atoms with E-state index in [0.29, 0.717) is 12.1 Å². The molecule has 3 aromatic rings. The van der Waals surface area contributed by atoms with Crippen LogP contribution in [-0.4, -0.2) is 47.6 Å². The van der Waals surface area contributed by atoms with E-state index in [0.717, 1.165) is 49.3 Å². The molecule has 1 amide bonds. The van der Waals surface area contributed by atoms with Gasteiger partial charge in [0.15, 0.2) is 0 Å². The lowest BCUT2D eigenvalue weighted by Crippen LogP contribution is -2.47. The number of amides is 1. The first kappa shape index (κ1) is 24.0. The number of aromatic carboxylic acids is 1. The number of carbonyl (C=O) groups is 2. The average Bonchev–Trinajstić information content (AvgIpc) is 3.37. The first-order chi connectivity index (χ1) is 17.6. The lowest BCUT2D eigenvalue weighted by molar-refractivity contribution is -0.125. The van der Waals surface area contributed by atoms with E-state index in [-0.39, 0.29) is 23.9 Å². The Labute approximate surface area is 211 Å². The molecule has 0 aromatic heterocycles. The van der Waals surface area contributed by atoms with Crippen LogP contribution in [0.15, 0.2) is 84.9 Å². The minimum atomic E-state index is -0.906. The van der Waals surface area contributed by atoms with Gasteiger partial charge in [0.2, 0.25) is 5.91 Å². The van der Waals surface area contributed by atoms with Gasteiger partial charge in [0.25, 0.3) is 0 Å². The molecule has 3 N–H and O–H groups in total. The normalized spacial score (nSPS) is 20.8. The molecule has 0 spiro atoms. The van der Waals surface area contributed by atoms with Crippen LogP contribution in [0.3, 0.4) is 0 Å². The molecule has 2 heterocycles. The zero-order valence-corrected chi connectivity index (χ0v) is 20.2. The predicted molar refractivity (Wildman–Crippen MR) is 139 cm³/mol. The van der Waals surface area contributed by atoms with Crippen LogP contribution in [0.5, 0.6) is 0 Å². The summed E-state index contributed by atoms with van der Waals surface area (Å²) in [5.41, 5.74) is 7.04. The molecule has 7 nitrogen and oxygen atoms in total. The molecule has 5 rings (SSSR count). The summed E-state index contributed by atoms with van der Waals surface area (Å²) in [5.74, 6) is -1.01. The molecule has 2 aliphatic heterocycles. The Hall–Kier alpha value is -3.68. The van der Waals surface area contributed by atoms with E-state index in [9.17, 15) is 9.59 Å². The molecule has 2 saturated heterocycles. The van der Waals surface area contributed by atoms with E-state index in [1.165, 1.54) is 0 Å². The molecule has 0 bridgehead atoms. The monoisotopic (exact) mass is 484 g/mol. The summed E-state index contributed by atoms with van der Waals surface area (Å²) in [6.07, 6.45) is 1.80. The second-order valence-electron chi connectivity index (χ2n) is 9.59. The first-order valence-electron chi connectivity index (χ1n) is 12.6. The summed E-state index contributed by atoms with van der Waals surface area (Å²) in [5, 5.41) is 14.5. The number of benzene rings is 3. The molecule has 7 heteroatoms. The first-order valence-corrected chi connectivity index (χ1v) is 12.6. The van der Waals surface area contributed by atoms with E-state index < -0.39 is 5.97 Å². The number of carboxylic acids is 1. The van der Waals surface area contributed by atoms with Crippen molar-refractivity contribution in [2.24, 2.45) is 5.92 Å². The number of carboxylic acid groups (broad SMARTS) is 1.